The first-order valence-electron chi connectivity index (χ1n) is 4.56. The van der Waals surface area contributed by atoms with Crippen molar-refractivity contribution < 1.29 is 13.6 Å². The lowest BCUT2D eigenvalue weighted by molar-refractivity contribution is 0.0346. The fourth-order valence-corrected chi connectivity index (χ4v) is 2.87. The maximum Gasteiger partial charge on any atom is 0.335 e. The van der Waals surface area contributed by atoms with Crippen molar-refractivity contribution in [3.63, 3.8) is 0 Å². The highest BCUT2D eigenvalue weighted by atomic mass is 31.2. The lowest BCUT2D eigenvalue weighted by atomic mass is 9.97. The Morgan fingerprint density at radius 1 is 1.15 bits per heavy atom. The Morgan fingerprint density at radius 3 is 1.85 bits per heavy atom. The number of hydrogen-bond acceptors (Lipinski definition) is 3. The number of hydrogen-bond donors (Lipinski definition) is 0. The van der Waals surface area contributed by atoms with Gasteiger partial charge in [-0.2, -0.15) is 0 Å². The van der Waals surface area contributed by atoms with Crippen LogP contribution in [-0.4, -0.2) is 18.4 Å². The zero-order chi connectivity index (χ0) is 10.3. The monoisotopic (exact) mass is 206 g/mol. The van der Waals surface area contributed by atoms with Gasteiger partial charge in [-0.1, -0.05) is 13.8 Å². The second-order valence-electron chi connectivity index (χ2n) is 5.38. The molecule has 1 aliphatic rings. The standard InChI is InChI=1S/C9H19O3P/c1-8(2,3)13(10)11-6-9(4,5)7-12-13/h6-7H2,1-5H3. The predicted molar refractivity (Wildman–Crippen MR) is 53.0 cm³/mol. The molecule has 4 heteroatoms. The maximum atomic E-state index is 12.1. The summed E-state index contributed by atoms with van der Waals surface area (Å²) >= 11 is 0. The molecule has 0 aromatic carbocycles. The lowest BCUT2D eigenvalue weighted by Crippen LogP contribution is -2.34. The zero-order valence-electron chi connectivity index (χ0n) is 9.09. The van der Waals surface area contributed by atoms with Gasteiger partial charge in [0.05, 0.1) is 18.4 Å². The SMILES string of the molecule is CC1(C)COP(=O)(C(C)(C)C)OC1. The van der Waals surface area contributed by atoms with Crippen LogP contribution in [0.15, 0.2) is 0 Å². The van der Waals surface area contributed by atoms with Gasteiger partial charge in [0.1, 0.15) is 0 Å². The van der Waals surface area contributed by atoms with Gasteiger partial charge < -0.3 is 9.05 Å². The minimum absolute atomic E-state index is 0.0147. The third-order valence-electron chi connectivity index (χ3n) is 2.07. The van der Waals surface area contributed by atoms with E-state index in [4.69, 9.17) is 9.05 Å². The molecule has 0 aromatic heterocycles. The van der Waals surface area contributed by atoms with Crippen LogP contribution in [0.3, 0.4) is 0 Å². The van der Waals surface area contributed by atoms with Crippen LogP contribution in [0.2, 0.25) is 0 Å². The quantitative estimate of drug-likeness (QED) is 0.571. The van der Waals surface area contributed by atoms with Crippen LogP contribution in [-0.2, 0) is 13.6 Å². The van der Waals surface area contributed by atoms with Crippen molar-refractivity contribution in [1.82, 2.24) is 0 Å². The summed E-state index contributed by atoms with van der Waals surface area (Å²) in [5.74, 6) is 0. The third kappa shape index (κ3) is 2.34. The third-order valence-corrected chi connectivity index (χ3v) is 4.65. The molecule has 0 radical (unpaired) electrons. The molecular formula is C9H19O3P. The first-order valence-corrected chi connectivity index (χ1v) is 6.10. The fourth-order valence-electron chi connectivity index (χ4n) is 0.986. The molecule has 13 heavy (non-hydrogen) atoms. The van der Waals surface area contributed by atoms with E-state index in [9.17, 15) is 4.57 Å². The first kappa shape index (κ1) is 11.2. The second-order valence-corrected chi connectivity index (χ2v) is 8.23. The molecule has 0 spiro atoms. The molecule has 0 atom stereocenters. The van der Waals surface area contributed by atoms with E-state index >= 15 is 0 Å². The minimum atomic E-state index is -2.88. The normalized spacial score (nSPS) is 27.2. The minimum Gasteiger partial charge on any atom is -0.308 e. The van der Waals surface area contributed by atoms with Crippen molar-refractivity contribution in [2.75, 3.05) is 13.2 Å². The fraction of sp³-hybridized carbons (Fsp3) is 1.00. The average molecular weight is 206 g/mol. The van der Waals surface area contributed by atoms with Crippen LogP contribution < -0.4 is 0 Å². The van der Waals surface area contributed by atoms with Gasteiger partial charge in [-0.3, -0.25) is 4.57 Å². The average Bonchev–Trinajstić information content (AvgIpc) is 1.94. The van der Waals surface area contributed by atoms with Crippen molar-refractivity contribution in [1.29, 1.82) is 0 Å². The summed E-state index contributed by atoms with van der Waals surface area (Å²) in [5.41, 5.74) is -0.0147. The molecule has 0 aliphatic carbocycles. The molecule has 0 amide bonds. The molecular weight excluding hydrogens is 187 g/mol. The summed E-state index contributed by atoms with van der Waals surface area (Å²) < 4.78 is 22.9. The van der Waals surface area contributed by atoms with E-state index < -0.39 is 12.8 Å². The topological polar surface area (TPSA) is 35.5 Å². The molecule has 0 unspecified atom stereocenters. The van der Waals surface area contributed by atoms with E-state index in [2.05, 4.69) is 0 Å². The van der Waals surface area contributed by atoms with Crippen molar-refractivity contribution in [3.05, 3.63) is 0 Å². The summed E-state index contributed by atoms with van der Waals surface area (Å²) in [4.78, 5) is 0. The van der Waals surface area contributed by atoms with E-state index in [1.54, 1.807) is 0 Å². The summed E-state index contributed by atoms with van der Waals surface area (Å²) in [6.45, 7) is 10.8. The Kier molecular flexibility index (Phi) is 2.66. The highest BCUT2D eigenvalue weighted by molar-refractivity contribution is 7.55. The Morgan fingerprint density at radius 2 is 1.54 bits per heavy atom. The van der Waals surface area contributed by atoms with Gasteiger partial charge in [-0.15, -0.1) is 0 Å². The molecule has 1 aliphatic heterocycles. The summed E-state index contributed by atoms with van der Waals surface area (Å²) in [7, 11) is -2.88. The van der Waals surface area contributed by atoms with Crippen LogP contribution in [0.25, 0.3) is 0 Å². The summed E-state index contributed by atoms with van der Waals surface area (Å²) in [6.07, 6.45) is 0. The highest BCUT2D eigenvalue weighted by Gasteiger charge is 2.45. The molecule has 0 N–H and O–H groups in total. The van der Waals surface area contributed by atoms with E-state index in [0.717, 1.165) is 0 Å². The Hall–Kier alpha value is 0.150. The van der Waals surface area contributed by atoms with Crippen molar-refractivity contribution in [2.24, 2.45) is 5.41 Å². The maximum absolute atomic E-state index is 12.1. The Labute approximate surface area is 80.3 Å². The van der Waals surface area contributed by atoms with Gasteiger partial charge in [0.15, 0.2) is 0 Å². The molecule has 0 bridgehead atoms. The molecule has 78 valence electrons. The summed E-state index contributed by atoms with van der Waals surface area (Å²) in [5, 5.41) is -0.413. The molecule has 0 saturated carbocycles. The van der Waals surface area contributed by atoms with Crippen LogP contribution in [0.1, 0.15) is 34.6 Å². The van der Waals surface area contributed by atoms with E-state index in [0.29, 0.717) is 13.2 Å². The summed E-state index contributed by atoms with van der Waals surface area (Å²) in [6, 6.07) is 0. The smallest absolute Gasteiger partial charge is 0.308 e. The zero-order valence-corrected chi connectivity index (χ0v) is 9.98. The molecule has 3 nitrogen and oxygen atoms in total. The van der Waals surface area contributed by atoms with Gasteiger partial charge in [0.2, 0.25) is 0 Å². The largest absolute Gasteiger partial charge is 0.335 e. The van der Waals surface area contributed by atoms with E-state index in [-0.39, 0.29) is 5.41 Å². The van der Waals surface area contributed by atoms with Crippen molar-refractivity contribution >= 4 is 7.60 Å². The Bertz CT molecular complexity index is 226. The predicted octanol–water partition coefficient (Wildman–Crippen LogP) is 3.05. The van der Waals surface area contributed by atoms with Crippen LogP contribution in [0, 0.1) is 5.41 Å². The highest BCUT2D eigenvalue weighted by Crippen LogP contribution is 2.62. The molecule has 1 heterocycles. The van der Waals surface area contributed by atoms with Crippen LogP contribution in [0.4, 0.5) is 0 Å². The molecule has 1 rings (SSSR count). The van der Waals surface area contributed by atoms with Crippen LogP contribution >= 0.6 is 7.60 Å². The molecule has 1 fully saturated rings. The Balaban J connectivity index is 2.74. The van der Waals surface area contributed by atoms with Crippen molar-refractivity contribution in [3.8, 4) is 0 Å². The first-order chi connectivity index (χ1) is 5.66. The number of rotatable bonds is 0. The van der Waals surface area contributed by atoms with Gasteiger partial charge >= 0.3 is 7.60 Å². The van der Waals surface area contributed by atoms with Crippen LogP contribution in [0.5, 0.6) is 0 Å². The van der Waals surface area contributed by atoms with E-state index in [1.807, 2.05) is 34.6 Å². The van der Waals surface area contributed by atoms with Crippen molar-refractivity contribution in [2.45, 2.75) is 39.8 Å². The van der Waals surface area contributed by atoms with Gasteiger partial charge in [0.25, 0.3) is 0 Å². The van der Waals surface area contributed by atoms with Gasteiger partial charge in [0, 0.05) is 5.41 Å². The molecule has 1 saturated heterocycles. The van der Waals surface area contributed by atoms with Gasteiger partial charge in [-0.05, 0) is 20.8 Å². The van der Waals surface area contributed by atoms with Gasteiger partial charge in [-0.25, -0.2) is 0 Å². The lowest BCUT2D eigenvalue weighted by Gasteiger charge is -2.39. The van der Waals surface area contributed by atoms with E-state index in [1.165, 1.54) is 0 Å². The second kappa shape index (κ2) is 3.08. The molecule has 0 aromatic rings.